The molecular formula is C7H15N3O3. The largest absolute Gasteiger partial charge is 0.448 e. The number of ether oxygens (including phenoxy) is 1. The van der Waals surface area contributed by atoms with Crippen LogP contribution in [-0.2, 0) is 9.53 Å². The van der Waals surface area contributed by atoms with Crippen LogP contribution in [-0.4, -0.2) is 31.7 Å². The predicted octanol–water partition coefficient (Wildman–Crippen LogP) is -1.21. The van der Waals surface area contributed by atoms with Crippen LogP contribution in [0.2, 0.25) is 0 Å². The van der Waals surface area contributed by atoms with E-state index in [1.165, 1.54) is 0 Å². The van der Waals surface area contributed by atoms with Crippen molar-refractivity contribution < 1.29 is 14.3 Å². The van der Waals surface area contributed by atoms with Gasteiger partial charge in [0.1, 0.15) is 6.61 Å². The quantitative estimate of drug-likeness (QED) is 0.472. The molecule has 1 atom stereocenters. The maximum Gasteiger partial charge on any atom is 0.404 e. The van der Waals surface area contributed by atoms with Gasteiger partial charge in [-0.2, -0.15) is 0 Å². The summed E-state index contributed by atoms with van der Waals surface area (Å²) in [6.45, 7) is 2.34. The maximum absolute atomic E-state index is 11.1. The molecule has 2 amide bonds. The Morgan fingerprint density at radius 1 is 1.54 bits per heavy atom. The molecular weight excluding hydrogens is 174 g/mol. The van der Waals surface area contributed by atoms with Gasteiger partial charge in [0, 0.05) is 12.5 Å². The number of carbonyl (C=O) groups excluding carboxylic acids is 2. The monoisotopic (exact) mass is 189 g/mol. The number of primary amides is 1. The second-order valence-corrected chi connectivity index (χ2v) is 2.60. The molecule has 0 saturated heterocycles. The van der Waals surface area contributed by atoms with Gasteiger partial charge in [0.2, 0.25) is 5.91 Å². The van der Waals surface area contributed by atoms with E-state index in [1.807, 2.05) is 0 Å². The molecule has 5 N–H and O–H groups in total. The molecule has 1 unspecified atom stereocenters. The van der Waals surface area contributed by atoms with Crippen molar-refractivity contribution >= 4 is 12.0 Å². The minimum Gasteiger partial charge on any atom is -0.448 e. The molecule has 0 bridgehead atoms. The zero-order valence-corrected chi connectivity index (χ0v) is 7.58. The normalized spacial score (nSPS) is 11.8. The van der Waals surface area contributed by atoms with Crippen LogP contribution in [0, 0.1) is 5.92 Å². The zero-order valence-electron chi connectivity index (χ0n) is 7.58. The predicted molar refractivity (Wildman–Crippen MR) is 46.8 cm³/mol. The first-order chi connectivity index (χ1) is 6.07. The van der Waals surface area contributed by atoms with Crippen molar-refractivity contribution in [1.29, 1.82) is 0 Å². The number of nitrogens with one attached hydrogen (secondary N) is 1. The molecule has 0 rings (SSSR count). The number of nitrogens with two attached hydrogens (primary N) is 2. The highest BCUT2D eigenvalue weighted by atomic mass is 16.5. The highest BCUT2D eigenvalue weighted by molar-refractivity contribution is 5.78. The van der Waals surface area contributed by atoms with E-state index in [0.717, 1.165) is 0 Å². The highest BCUT2D eigenvalue weighted by Crippen LogP contribution is 1.89. The lowest BCUT2D eigenvalue weighted by molar-refractivity contribution is -0.124. The molecule has 0 aliphatic carbocycles. The molecule has 0 aliphatic rings. The molecule has 0 saturated carbocycles. The summed E-state index contributed by atoms with van der Waals surface area (Å²) < 4.78 is 4.40. The van der Waals surface area contributed by atoms with Crippen molar-refractivity contribution in [2.45, 2.75) is 6.92 Å². The summed E-state index contributed by atoms with van der Waals surface area (Å²) >= 11 is 0. The van der Waals surface area contributed by atoms with Gasteiger partial charge in [0.25, 0.3) is 0 Å². The fourth-order valence-electron chi connectivity index (χ4n) is 0.607. The third-order valence-electron chi connectivity index (χ3n) is 1.45. The van der Waals surface area contributed by atoms with Gasteiger partial charge in [-0.05, 0) is 0 Å². The summed E-state index contributed by atoms with van der Waals surface area (Å²) in [6.07, 6.45) is -0.846. The number of amides is 2. The summed E-state index contributed by atoms with van der Waals surface area (Å²) in [7, 11) is 0. The standard InChI is InChI=1S/C7H15N3O3/c1-5(4-8)6(11)10-2-3-13-7(9)12/h5H,2-4,8H2,1H3,(H2,9,12)(H,10,11). The molecule has 0 aliphatic heterocycles. The van der Waals surface area contributed by atoms with E-state index in [1.54, 1.807) is 6.92 Å². The Balaban J connectivity index is 3.42. The molecule has 13 heavy (non-hydrogen) atoms. The fourth-order valence-corrected chi connectivity index (χ4v) is 0.607. The van der Waals surface area contributed by atoms with Gasteiger partial charge in [0.15, 0.2) is 0 Å². The lowest BCUT2D eigenvalue weighted by Gasteiger charge is -2.09. The number of hydrogen-bond acceptors (Lipinski definition) is 4. The first-order valence-electron chi connectivity index (χ1n) is 3.98. The van der Waals surface area contributed by atoms with Crippen LogP contribution in [0.5, 0.6) is 0 Å². The molecule has 6 heteroatoms. The molecule has 0 heterocycles. The van der Waals surface area contributed by atoms with Crippen LogP contribution >= 0.6 is 0 Å². The number of carbonyl (C=O) groups is 2. The Morgan fingerprint density at radius 3 is 2.62 bits per heavy atom. The summed E-state index contributed by atoms with van der Waals surface area (Å²) in [5, 5.41) is 2.54. The average molecular weight is 189 g/mol. The minimum atomic E-state index is -0.846. The van der Waals surface area contributed by atoms with E-state index in [9.17, 15) is 9.59 Å². The molecule has 0 fully saturated rings. The topological polar surface area (TPSA) is 107 Å². The number of rotatable bonds is 5. The molecule has 6 nitrogen and oxygen atoms in total. The Hall–Kier alpha value is -1.30. The van der Waals surface area contributed by atoms with E-state index < -0.39 is 6.09 Å². The van der Waals surface area contributed by atoms with Crippen molar-refractivity contribution in [3.05, 3.63) is 0 Å². The van der Waals surface area contributed by atoms with Crippen molar-refractivity contribution in [3.8, 4) is 0 Å². The van der Waals surface area contributed by atoms with Crippen molar-refractivity contribution in [2.75, 3.05) is 19.7 Å². The molecule has 0 aromatic carbocycles. The lowest BCUT2D eigenvalue weighted by atomic mass is 10.2. The lowest BCUT2D eigenvalue weighted by Crippen LogP contribution is -2.35. The van der Waals surface area contributed by atoms with Gasteiger partial charge in [-0.1, -0.05) is 6.92 Å². The van der Waals surface area contributed by atoms with Crippen LogP contribution in [0.1, 0.15) is 6.92 Å². The van der Waals surface area contributed by atoms with Crippen molar-refractivity contribution in [2.24, 2.45) is 17.4 Å². The zero-order chi connectivity index (χ0) is 10.3. The van der Waals surface area contributed by atoms with Crippen LogP contribution < -0.4 is 16.8 Å². The van der Waals surface area contributed by atoms with Gasteiger partial charge < -0.3 is 21.5 Å². The molecule has 76 valence electrons. The Morgan fingerprint density at radius 2 is 2.15 bits per heavy atom. The Kier molecular flexibility index (Phi) is 5.62. The Bertz CT molecular complexity index is 184. The van der Waals surface area contributed by atoms with Crippen LogP contribution in [0.4, 0.5) is 4.79 Å². The van der Waals surface area contributed by atoms with Crippen molar-refractivity contribution in [1.82, 2.24) is 5.32 Å². The summed E-state index contributed by atoms with van der Waals surface area (Å²) in [6, 6.07) is 0. The maximum atomic E-state index is 11.1. The van der Waals surface area contributed by atoms with E-state index in [0.29, 0.717) is 6.54 Å². The SMILES string of the molecule is CC(CN)C(=O)NCCOC(N)=O. The summed E-state index contributed by atoms with van der Waals surface area (Å²) in [5.74, 6) is -0.385. The highest BCUT2D eigenvalue weighted by Gasteiger charge is 2.09. The molecule has 0 aromatic heterocycles. The van der Waals surface area contributed by atoms with Crippen molar-refractivity contribution in [3.63, 3.8) is 0 Å². The second-order valence-electron chi connectivity index (χ2n) is 2.60. The molecule has 0 radical (unpaired) electrons. The van der Waals surface area contributed by atoms with Gasteiger partial charge in [-0.15, -0.1) is 0 Å². The summed E-state index contributed by atoms with van der Waals surface area (Å²) in [4.78, 5) is 21.2. The third-order valence-corrected chi connectivity index (χ3v) is 1.45. The third kappa shape index (κ3) is 5.92. The van der Waals surface area contributed by atoms with E-state index in [-0.39, 0.29) is 25.0 Å². The molecule has 0 aromatic rings. The summed E-state index contributed by atoms with van der Waals surface area (Å²) in [5.41, 5.74) is 9.96. The molecule has 0 spiro atoms. The van der Waals surface area contributed by atoms with Gasteiger partial charge in [-0.3, -0.25) is 4.79 Å². The van der Waals surface area contributed by atoms with E-state index in [4.69, 9.17) is 11.5 Å². The van der Waals surface area contributed by atoms with Crippen LogP contribution in [0.25, 0.3) is 0 Å². The average Bonchev–Trinajstić information content (AvgIpc) is 2.10. The van der Waals surface area contributed by atoms with Gasteiger partial charge >= 0.3 is 6.09 Å². The van der Waals surface area contributed by atoms with Crippen LogP contribution in [0.3, 0.4) is 0 Å². The van der Waals surface area contributed by atoms with Gasteiger partial charge in [-0.25, -0.2) is 4.79 Å². The first-order valence-corrected chi connectivity index (χ1v) is 3.98. The first kappa shape index (κ1) is 11.7. The number of hydrogen-bond donors (Lipinski definition) is 3. The smallest absolute Gasteiger partial charge is 0.404 e. The van der Waals surface area contributed by atoms with Gasteiger partial charge in [0.05, 0.1) is 6.54 Å². The van der Waals surface area contributed by atoms with E-state index >= 15 is 0 Å². The minimum absolute atomic E-state index is 0.0817. The fraction of sp³-hybridized carbons (Fsp3) is 0.714. The Labute approximate surface area is 76.6 Å². The van der Waals surface area contributed by atoms with Crippen LogP contribution in [0.15, 0.2) is 0 Å². The second kappa shape index (κ2) is 6.24. The van der Waals surface area contributed by atoms with E-state index in [2.05, 4.69) is 10.1 Å².